The molecule has 4 nitrogen and oxygen atoms in total. The number of ketones is 1. The van der Waals surface area contributed by atoms with E-state index in [1.54, 1.807) is 14.2 Å². The number of methoxy groups -OCH3 is 2. The number of nitrogens with one attached hydrogen (secondary N) is 1. The van der Waals surface area contributed by atoms with E-state index >= 15 is 0 Å². The van der Waals surface area contributed by atoms with Crippen LogP contribution in [0.4, 0.5) is 0 Å². The summed E-state index contributed by atoms with van der Waals surface area (Å²) in [5.41, 5.74) is 2.68. The lowest BCUT2D eigenvalue weighted by atomic mass is 9.90. The van der Waals surface area contributed by atoms with Crippen LogP contribution in [0.15, 0.2) is 42.5 Å². The molecule has 2 aromatic rings. The molecule has 0 spiro atoms. The van der Waals surface area contributed by atoms with Crippen LogP contribution in [0.1, 0.15) is 27.5 Å². The Morgan fingerprint density at radius 1 is 1.00 bits per heavy atom. The molecule has 0 radical (unpaired) electrons. The van der Waals surface area contributed by atoms with Gasteiger partial charge in [-0.2, -0.15) is 0 Å². The highest BCUT2D eigenvalue weighted by atomic mass is 16.5. The summed E-state index contributed by atoms with van der Waals surface area (Å²) in [6, 6.07) is 12.8. The third kappa shape index (κ3) is 2.50. The van der Waals surface area contributed by atoms with Crippen LogP contribution in [0.2, 0.25) is 0 Å². The van der Waals surface area contributed by atoms with Crippen molar-refractivity contribution in [3.8, 4) is 11.5 Å². The molecule has 0 aliphatic carbocycles. The first-order valence-electron chi connectivity index (χ1n) is 6.81. The number of hydrogen-bond acceptors (Lipinski definition) is 4. The lowest BCUT2D eigenvalue weighted by Gasteiger charge is -2.25. The summed E-state index contributed by atoms with van der Waals surface area (Å²) in [6.45, 7) is 0.648. The van der Waals surface area contributed by atoms with Crippen LogP contribution in [-0.4, -0.2) is 20.0 Å². The van der Waals surface area contributed by atoms with Gasteiger partial charge in [0.1, 0.15) is 11.5 Å². The Balaban J connectivity index is 1.90. The van der Waals surface area contributed by atoms with E-state index in [2.05, 4.69) is 5.32 Å². The lowest BCUT2D eigenvalue weighted by molar-refractivity contribution is 0.0930. The first-order valence-corrected chi connectivity index (χ1v) is 6.81. The van der Waals surface area contributed by atoms with Crippen LogP contribution in [0, 0.1) is 0 Å². The van der Waals surface area contributed by atoms with Gasteiger partial charge in [0.05, 0.1) is 20.3 Å². The van der Waals surface area contributed by atoms with Crippen molar-refractivity contribution in [3.63, 3.8) is 0 Å². The SMILES string of the molecule is COc1ccc(C2NCc3cc(OC)ccc3C2=O)cc1. The molecule has 2 aromatic carbocycles. The standard InChI is InChI=1S/C17H17NO3/c1-20-13-5-3-11(4-6-13)16-17(19)15-8-7-14(21-2)9-12(15)10-18-16/h3-9,16,18H,10H2,1-2H3. The quantitative estimate of drug-likeness (QED) is 0.941. The minimum absolute atomic E-state index is 0.0871. The molecule has 3 rings (SSSR count). The van der Waals surface area contributed by atoms with E-state index in [0.29, 0.717) is 6.54 Å². The number of carbonyl (C=O) groups is 1. The Bertz CT molecular complexity index is 664. The fourth-order valence-corrected chi connectivity index (χ4v) is 2.61. The molecule has 1 atom stereocenters. The summed E-state index contributed by atoms with van der Waals surface area (Å²) in [4.78, 5) is 12.6. The second kappa shape index (κ2) is 5.58. The van der Waals surface area contributed by atoms with Gasteiger partial charge in [-0.15, -0.1) is 0 Å². The summed E-state index contributed by atoms with van der Waals surface area (Å²) in [5, 5.41) is 3.28. The highest BCUT2D eigenvalue weighted by molar-refractivity contribution is 6.03. The molecule has 108 valence electrons. The zero-order valence-corrected chi connectivity index (χ0v) is 12.1. The summed E-state index contributed by atoms with van der Waals surface area (Å²) < 4.78 is 10.3. The predicted octanol–water partition coefficient (Wildman–Crippen LogP) is 2.73. The Kier molecular flexibility index (Phi) is 3.62. The highest BCUT2D eigenvalue weighted by Crippen LogP contribution is 2.29. The van der Waals surface area contributed by atoms with E-state index in [0.717, 1.165) is 28.2 Å². The van der Waals surface area contributed by atoms with E-state index in [9.17, 15) is 4.79 Å². The van der Waals surface area contributed by atoms with Gasteiger partial charge in [-0.1, -0.05) is 12.1 Å². The van der Waals surface area contributed by atoms with Crippen LogP contribution in [-0.2, 0) is 6.54 Å². The van der Waals surface area contributed by atoms with Gasteiger partial charge in [0, 0.05) is 12.1 Å². The zero-order chi connectivity index (χ0) is 14.8. The van der Waals surface area contributed by atoms with Crippen molar-refractivity contribution >= 4 is 5.78 Å². The van der Waals surface area contributed by atoms with Crippen LogP contribution >= 0.6 is 0 Å². The van der Waals surface area contributed by atoms with Crippen molar-refractivity contribution in [1.82, 2.24) is 5.32 Å². The largest absolute Gasteiger partial charge is 0.497 e. The molecule has 0 saturated carbocycles. The zero-order valence-electron chi connectivity index (χ0n) is 12.1. The molecule has 1 heterocycles. The molecule has 21 heavy (non-hydrogen) atoms. The van der Waals surface area contributed by atoms with Gasteiger partial charge in [-0.3, -0.25) is 10.1 Å². The molecule has 0 bridgehead atoms. The number of hydrogen-bond donors (Lipinski definition) is 1. The maximum Gasteiger partial charge on any atom is 0.184 e. The number of carbonyl (C=O) groups excluding carboxylic acids is 1. The predicted molar refractivity (Wildman–Crippen MR) is 79.9 cm³/mol. The number of ether oxygens (including phenoxy) is 2. The van der Waals surface area contributed by atoms with Crippen molar-refractivity contribution in [2.45, 2.75) is 12.6 Å². The Morgan fingerprint density at radius 2 is 1.67 bits per heavy atom. The average Bonchev–Trinajstić information content (AvgIpc) is 2.55. The van der Waals surface area contributed by atoms with Crippen LogP contribution in [0.3, 0.4) is 0 Å². The van der Waals surface area contributed by atoms with Gasteiger partial charge < -0.3 is 9.47 Å². The van der Waals surface area contributed by atoms with Gasteiger partial charge in [0.15, 0.2) is 5.78 Å². The summed E-state index contributed by atoms with van der Waals surface area (Å²) in [6.07, 6.45) is 0. The molecular weight excluding hydrogens is 266 g/mol. The first-order chi connectivity index (χ1) is 10.2. The summed E-state index contributed by atoms with van der Waals surface area (Å²) >= 11 is 0. The second-order valence-corrected chi connectivity index (χ2v) is 4.97. The van der Waals surface area contributed by atoms with Crippen molar-refractivity contribution in [1.29, 1.82) is 0 Å². The number of rotatable bonds is 3. The summed E-state index contributed by atoms with van der Waals surface area (Å²) in [5.74, 6) is 1.64. The number of fused-ring (bicyclic) bond motifs is 1. The fourth-order valence-electron chi connectivity index (χ4n) is 2.61. The van der Waals surface area contributed by atoms with Gasteiger partial charge >= 0.3 is 0 Å². The van der Waals surface area contributed by atoms with Crippen molar-refractivity contribution in [2.75, 3.05) is 14.2 Å². The van der Waals surface area contributed by atoms with Gasteiger partial charge in [-0.05, 0) is 41.5 Å². The third-order valence-corrected chi connectivity index (χ3v) is 3.79. The number of benzene rings is 2. The fraction of sp³-hybridized carbons (Fsp3) is 0.235. The van der Waals surface area contributed by atoms with Gasteiger partial charge in [0.25, 0.3) is 0 Å². The van der Waals surface area contributed by atoms with Crippen molar-refractivity contribution in [2.24, 2.45) is 0 Å². The molecule has 0 aromatic heterocycles. The first kappa shape index (κ1) is 13.6. The van der Waals surface area contributed by atoms with E-state index in [4.69, 9.17) is 9.47 Å². The van der Waals surface area contributed by atoms with Crippen LogP contribution in [0.25, 0.3) is 0 Å². The van der Waals surface area contributed by atoms with E-state index in [1.807, 2.05) is 42.5 Å². The van der Waals surface area contributed by atoms with Crippen molar-refractivity contribution < 1.29 is 14.3 Å². The molecule has 1 aliphatic heterocycles. The highest BCUT2D eigenvalue weighted by Gasteiger charge is 2.28. The molecule has 0 fully saturated rings. The summed E-state index contributed by atoms with van der Waals surface area (Å²) in [7, 11) is 3.25. The van der Waals surface area contributed by atoms with Crippen LogP contribution < -0.4 is 14.8 Å². The normalized spacial score (nSPS) is 17.2. The number of Topliss-reactive ketones (excluding diaryl/α,β-unsaturated/α-hetero) is 1. The van der Waals surface area contributed by atoms with E-state index in [1.165, 1.54) is 0 Å². The van der Waals surface area contributed by atoms with E-state index < -0.39 is 0 Å². The topological polar surface area (TPSA) is 47.6 Å². The maximum atomic E-state index is 12.6. The van der Waals surface area contributed by atoms with Crippen molar-refractivity contribution in [3.05, 3.63) is 59.2 Å². The lowest BCUT2D eigenvalue weighted by Crippen LogP contribution is -2.34. The maximum absolute atomic E-state index is 12.6. The molecule has 1 aliphatic rings. The smallest absolute Gasteiger partial charge is 0.184 e. The molecule has 4 heteroatoms. The minimum Gasteiger partial charge on any atom is -0.497 e. The molecule has 1 unspecified atom stereocenters. The average molecular weight is 283 g/mol. The molecule has 1 N–H and O–H groups in total. The Hall–Kier alpha value is -2.33. The Morgan fingerprint density at radius 3 is 2.33 bits per heavy atom. The minimum atomic E-state index is -0.309. The Labute approximate surface area is 123 Å². The molecular formula is C17H17NO3. The monoisotopic (exact) mass is 283 g/mol. The van der Waals surface area contributed by atoms with E-state index in [-0.39, 0.29) is 11.8 Å². The van der Waals surface area contributed by atoms with Crippen LogP contribution in [0.5, 0.6) is 11.5 Å². The van der Waals surface area contributed by atoms with Gasteiger partial charge in [0.2, 0.25) is 0 Å². The second-order valence-electron chi connectivity index (χ2n) is 4.97. The molecule has 0 saturated heterocycles. The molecule has 0 amide bonds. The van der Waals surface area contributed by atoms with Gasteiger partial charge in [-0.25, -0.2) is 0 Å². The third-order valence-electron chi connectivity index (χ3n) is 3.79.